The Labute approximate surface area is 248 Å². The van der Waals surface area contributed by atoms with Crippen LogP contribution in [-0.4, -0.2) is 81.7 Å². The Kier molecular flexibility index (Phi) is 12.9. The summed E-state index contributed by atoms with van der Waals surface area (Å²) in [5.74, 6) is -1.86. The maximum atomic E-state index is 12.8. The second kappa shape index (κ2) is 16.1. The molecule has 3 aliphatic heterocycles. The number of rotatable bonds is 6. The Morgan fingerprint density at radius 1 is 1.14 bits per heavy atom. The second-order valence-electron chi connectivity index (χ2n) is 11.7. The lowest BCUT2D eigenvalue weighted by Crippen LogP contribution is -2.55. The van der Waals surface area contributed by atoms with Gasteiger partial charge in [-0.3, -0.25) is 0 Å². The SMILES string of the molecule is CC1=CC2OC(C/C=C/C=C/C(=O)OC3CC(/C=C/CC=C1)OC(C/C=C\CC(O)C(=O)O)C3(C)CO)CC(O)C2C. The monoisotopic (exact) mass is 586 g/mol. The summed E-state index contributed by atoms with van der Waals surface area (Å²) in [7, 11) is 0. The molecule has 3 aliphatic rings. The van der Waals surface area contributed by atoms with Gasteiger partial charge < -0.3 is 34.6 Å². The molecule has 2 fully saturated rings. The molecule has 0 saturated carbocycles. The average Bonchev–Trinajstić information content (AvgIpc) is 2.94. The van der Waals surface area contributed by atoms with Gasteiger partial charge in [-0.05, 0) is 26.2 Å². The number of aliphatic carboxylic acids is 1. The number of carboxylic acids is 1. The summed E-state index contributed by atoms with van der Waals surface area (Å²) < 4.78 is 18.5. The smallest absolute Gasteiger partial charge is 0.332 e. The lowest BCUT2D eigenvalue weighted by molar-refractivity contribution is -0.198. The number of hydrogen-bond acceptors (Lipinski definition) is 8. The molecule has 9 atom stereocenters. The number of fused-ring (bicyclic) bond motifs is 4. The van der Waals surface area contributed by atoms with Gasteiger partial charge >= 0.3 is 11.9 Å². The van der Waals surface area contributed by atoms with Crippen LogP contribution in [0.5, 0.6) is 0 Å². The van der Waals surface area contributed by atoms with E-state index in [4.69, 9.17) is 19.3 Å². The molecule has 0 aliphatic carbocycles. The van der Waals surface area contributed by atoms with Crippen LogP contribution in [-0.2, 0) is 23.8 Å². The first kappa shape index (κ1) is 33.7. The molecule has 0 amide bonds. The van der Waals surface area contributed by atoms with Crippen LogP contribution in [0.2, 0.25) is 0 Å². The molecule has 0 radical (unpaired) electrons. The number of esters is 1. The molecule has 0 aromatic carbocycles. The first-order valence-electron chi connectivity index (χ1n) is 14.7. The van der Waals surface area contributed by atoms with E-state index in [1.165, 1.54) is 6.08 Å². The highest BCUT2D eigenvalue weighted by atomic mass is 16.6. The fraction of sp³-hybridized carbons (Fsp3) is 0.576. The van der Waals surface area contributed by atoms with Gasteiger partial charge in [0.25, 0.3) is 0 Å². The lowest BCUT2D eigenvalue weighted by Gasteiger charge is -2.47. The number of ether oxygens (including phenoxy) is 3. The molecular weight excluding hydrogens is 540 g/mol. The zero-order valence-corrected chi connectivity index (χ0v) is 24.7. The van der Waals surface area contributed by atoms with Crippen molar-refractivity contribution in [2.75, 3.05) is 6.61 Å². The highest BCUT2D eigenvalue weighted by molar-refractivity contribution is 5.82. The molecule has 9 unspecified atom stereocenters. The standard InChI is InChI=1S/C33H46O9/c1-22-12-6-4-7-14-25-20-30(33(3,21-34)29(41-25)16-11-10-15-26(35)32(38)39)42-31(37)17-9-5-8-13-24-19-27(36)23(2)28(18-22)40-24/h5-12,14,17-18,23-30,34-36H,4,13,15-16,19-21H2,1-3H3,(H,38,39)/b8-5+,11-10-,12-6?,14-7+,17-9+,22-18?. The van der Waals surface area contributed by atoms with E-state index < -0.39 is 41.8 Å². The largest absolute Gasteiger partial charge is 0.479 e. The van der Waals surface area contributed by atoms with E-state index in [9.17, 15) is 24.9 Å². The Morgan fingerprint density at radius 3 is 2.67 bits per heavy atom. The summed E-state index contributed by atoms with van der Waals surface area (Å²) in [4.78, 5) is 23.7. The molecule has 232 valence electrons. The number of carboxylic acid groups (broad SMARTS) is 1. The average molecular weight is 587 g/mol. The lowest BCUT2D eigenvalue weighted by atomic mass is 9.73. The van der Waals surface area contributed by atoms with E-state index in [0.717, 1.165) is 5.57 Å². The third kappa shape index (κ3) is 9.61. The number of carbonyl (C=O) groups is 2. The molecule has 0 aromatic heterocycles. The van der Waals surface area contributed by atoms with Gasteiger partial charge in [-0.1, -0.05) is 80.2 Å². The number of carbonyl (C=O) groups excluding carboxylic acids is 1. The molecular formula is C33H46O9. The van der Waals surface area contributed by atoms with Crippen LogP contribution < -0.4 is 0 Å². The fourth-order valence-electron chi connectivity index (χ4n) is 5.44. The topological polar surface area (TPSA) is 143 Å². The van der Waals surface area contributed by atoms with Crippen LogP contribution in [0.1, 0.15) is 59.3 Å². The van der Waals surface area contributed by atoms with Crippen LogP contribution >= 0.6 is 0 Å². The minimum Gasteiger partial charge on any atom is -0.479 e. The van der Waals surface area contributed by atoms with E-state index in [0.29, 0.717) is 32.1 Å². The highest BCUT2D eigenvalue weighted by Crippen LogP contribution is 2.41. The van der Waals surface area contributed by atoms with Gasteiger partial charge in [0.05, 0.1) is 42.5 Å². The van der Waals surface area contributed by atoms with Crippen molar-refractivity contribution in [3.8, 4) is 0 Å². The van der Waals surface area contributed by atoms with Crippen molar-refractivity contribution in [1.82, 2.24) is 0 Å². The molecule has 42 heavy (non-hydrogen) atoms. The summed E-state index contributed by atoms with van der Waals surface area (Å²) in [5, 5.41) is 39.4. The van der Waals surface area contributed by atoms with Crippen molar-refractivity contribution >= 4 is 11.9 Å². The van der Waals surface area contributed by atoms with E-state index in [2.05, 4.69) is 6.08 Å². The zero-order chi connectivity index (χ0) is 30.7. The van der Waals surface area contributed by atoms with Gasteiger partial charge in [-0.2, -0.15) is 0 Å². The maximum Gasteiger partial charge on any atom is 0.332 e. The van der Waals surface area contributed by atoms with Crippen LogP contribution in [0.25, 0.3) is 0 Å². The van der Waals surface area contributed by atoms with Crippen molar-refractivity contribution in [3.05, 3.63) is 72.4 Å². The molecule has 3 heterocycles. The fourth-order valence-corrected chi connectivity index (χ4v) is 5.44. The van der Waals surface area contributed by atoms with Crippen molar-refractivity contribution in [2.45, 2.75) is 102 Å². The number of aliphatic hydroxyl groups excluding tert-OH is 3. The summed E-state index contributed by atoms with van der Waals surface area (Å²) in [6, 6.07) is 0. The maximum absolute atomic E-state index is 12.8. The molecule has 3 rings (SSSR count). The predicted molar refractivity (Wildman–Crippen MR) is 158 cm³/mol. The van der Waals surface area contributed by atoms with Crippen LogP contribution in [0, 0.1) is 11.3 Å². The van der Waals surface area contributed by atoms with E-state index in [1.54, 1.807) is 24.3 Å². The minimum atomic E-state index is -1.49. The van der Waals surface area contributed by atoms with Gasteiger partial charge in [0, 0.05) is 31.3 Å². The number of hydrogen-bond donors (Lipinski definition) is 4. The van der Waals surface area contributed by atoms with Gasteiger partial charge in [0.15, 0.2) is 6.10 Å². The third-order valence-corrected chi connectivity index (χ3v) is 8.31. The number of aliphatic hydroxyl groups is 3. The summed E-state index contributed by atoms with van der Waals surface area (Å²) in [6.07, 6.45) is 18.5. The van der Waals surface area contributed by atoms with Crippen molar-refractivity contribution in [3.63, 3.8) is 0 Å². The quantitative estimate of drug-likeness (QED) is 0.269. The highest BCUT2D eigenvalue weighted by Gasteiger charge is 2.49. The first-order chi connectivity index (χ1) is 20.0. The first-order valence-corrected chi connectivity index (χ1v) is 14.7. The minimum absolute atomic E-state index is 0.0213. The van der Waals surface area contributed by atoms with E-state index in [-0.39, 0.29) is 37.3 Å². The molecule has 0 spiro atoms. The van der Waals surface area contributed by atoms with Gasteiger partial charge in [-0.25, -0.2) is 9.59 Å². The van der Waals surface area contributed by atoms with Crippen LogP contribution in [0.4, 0.5) is 0 Å². The third-order valence-electron chi connectivity index (χ3n) is 8.31. The molecule has 4 N–H and O–H groups in total. The molecule has 9 heteroatoms. The Balaban J connectivity index is 1.82. The van der Waals surface area contributed by atoms with Gasteiger partial charge in [-0.15, -0.1) is 0 Å². The van der Waals surface area contributed by atoms with Gasteiger partial charge in [0.2, 0.25) is 0 Å². The summed E-state index contributed by atoms with van der Waals surface area (Å²) in [5.41, 5.74) is 0.130. The molecule has 9 nitrogen and oxygen atoms in total. The van der Waals surface area contributed by atoms with Gasteiger partial charge in [0.1, 0.15) is 6.10 Å². The Hall–Kier alpha value is -2.82. The van der Waals surface area contributed by atoms with Crippen molar-refractivity contribution in [1.29, 1.82) is 0 Å². The molecule has 4 bridgehead atoms. The number of allylic oxidation sites excluding steroid dienone is 6. The Morgan fingerprint density at radius 2 is 1.93 bits per heavy atom. The van der Waals surface area contributed by atoms with E-state index >= 15 is 0 Å². The second-order valence-corrected chi connectivity index (χ2v) is 11.7. The van der Waals surface area contributed by atoms with Crippen molar-refractivity contribution in [2.24, 2.45) is 11.3 Å². The summed E-state index contributed by atoms with van der Waals surface area (Å²) >= 11 is 0. The molecule has 2 saturated heterocycles. The predicted octanol–water partition coefficient (Wildman–Crippen LogP) is 3.96. The Bertz CT molecular complexity index is 1090. The van der Waals surface area contributed by atoms with Crippen LogP contribution in [0.3, 0.4) is 0 Å². The van der Waals surface area contributed by atoms with Crippen molar-refractivity contribution < 1.29 is 44.2 Å². The normalized spacial score (nSPS) is 37.7. The summed E-state index contributed by atoms with van der Waals surface area (Å²) in [6.45, 7) is 5.52. The zero-order valence-electron chi connectivity index (χ0n) is 24.7. The molecule has 0 aromatic rings. The van der Waals surface area contributed by atoms with E-state index in [1.807, 2.05) is 51.2 Å². The van der Waals surface area contributed by atoms with Crippen LogP contribution in [0.15, 0.2) is 72.4 Å².